The van der Waals surface area contributed by atoms with Gasteiger partial charge < -0.3 is 4.90 Å². The fourth-order valence-electron chi connectivity index (χ4n) is 4.50. The van der Waals surface area contributed by atoms with Crippen molar-refractivity contribution in [2.75, 3.05) is 13.1 Å². The molecule has 1 saturated carbocycles. The lowest BCUT2D eigenvalue weighted by Crippen LogP contribution is -2.43. The summed E-state index contributed by atoms with van der Waals surface area (Å²) in [7, 11) is 0. The maximum atomic E-state index is 2.84. The molecular weight excluding hydrogens is 242 g/mol. The third-order valence-corrected chi connectivity index (χ3v) is 5.89. The molecule has 0 aromatic carbocycles. The second-order valence-corrected chi connectivity index (χ2v) is 7.44. The SMILES string of the molecule is CCCCC[C@H]1CC[C@H](N2CCC(CCC)CC2)CC1. The second-order valence-electron chi connectivity index (χ2n) is 7.44. The zero-order valence-electron chi connectivity index (χ0n) is 14.1. The predicted octanol–water partition coefficient (Wildman–Crippen LogP) is 5.64. The number of nitrogens with zero attached hydrogens (tertiary/aromatic N) is 1. The minimum absolute atomic E-state index is 0.944. The van der Waals surface area contributed by atoms with Crippen LogP contribution in [0.5, 0.6) is 0 Å². The van der Waals surface area contributed by atoms with Gasteiger partial charge in [0.15, 0.2) is 0 Å². The largest absolute Gasteiger partial charge is 0.300 e. The molecule has 2 aliphatic rings. The van der Waals surface area contributed by atoms with Gasteiger partial charge in [0.2, 0.25) is 0 Å². The number of hydrogen-bond donors (Lipinski definition) is 0. The lowest BCUT2D eigenvalue weighted by atomic mass is 9.81. The third kappa shape index (κ3) is 5.06. The number of unbranched alkanes of at least 4 members (excludes halogenated alkanes) is 2. The summed E-state index contributed by atoms with van der Waals surface area (Å²) in [5.41, 5.74) is 0. The van der Waals surface area contributed by atoms with Gasteiger partial charge in [0.25, 0.3) is 0 Å². The molecule has 0 unspecified atom stereocenters. The fourth-order valence-corrected chi connectivity index (χ4v) is 4.50. The first-order chi connectivity index (χ1) is 9.83. The molecule has 1 aliphatic carbocycles. The first kappa shape index (κ1) is 16.3. The molecule has 1 saturated heterocycles. The Labute approximate surface area is 127 Å². The van der Waals surface area contributed by atoms with Gasteiger partial charge in [-0.2, -0.15) is 0 Å². The topological polar surface area (TPSA) is 3.24 Å². The van der Waals surface area contributed by atoms with E-state index in [2.05, 4.69) is 18.7 Å². The lowest BCUT2D eigenvalue weighted by molar-refractivity contribution is 0.0905. The smallest absolute Gasteiger partial charge is 0.00954 e. The van der Waals surface area contributed by atoms with Crippen LogP contribution >= 0.6 is 0 Å². The van der Waals surface area contributed by atoms with Crippen LogP contribution in [-0.4, -0.2) is 24.0 Å². The summed E-state index contributed by atoms with van der Waals surface area (Å²) in [5.74, 6) is 2.11. The Bertz CT molecular complexity index is 234. The van der Waals surface area contributed by atoms with E-state index in [0.717, 1.165) is 17.9 Å². The van der Waals surface area contributed by atoms with Crippen molar-refractivity contribution in [3.05, 3.63) is 0 Å². The monoisotopic (exact) mass is 279 g/mol. The van der Waals surface area contributed by atoms with Crippen molar-refractivity contribution in [1.82, 2.24) is 4.90 Å². The Hall–Kier alpha value is -0.0400. The van der Waals surface area contributed by atoms with Crippen molar-refractivity contribution in [2.45, 2.75) is 96.9 Å². The van der Waals surface area contributed by atoms with Crippen LogP contribution in [-0.2, 0) is 0 Å². The van der Waals surface area contributed by atoms with E-state index in [4.69, 9.17) is 0 Å². The van der Waals surface area contributed by atoms with E-state index in [1.807, 2.05) is 0 Å². The summed E-state index contributed by atoms with van der Waals surface area (Å²) in [4.78, 5) is 2.84. The maximum Gasteiger partial charge on any atom is 0.00954 e. The van der Waals surface area contributed by atoms with Gasteiger partial charge in [-0.3, -0.25) is 0 Å². The van der Waals surface area contributed by atoms with E-state index < -0.39 is 0 Å². The summed E-state index contributed by atoms with van der Waals surface area (Å²) in [6, 6.07) is 0.944. The molecule has 0 amide bonds. The molecule has 118 valence electrons. The van der Waals surface area contributed by atoms with E-state index >= 15 is 0 Å². The minimum Gasteiger partial charge on any atom is -0.300 e. The molecule has 0 radical (unpaired) electrons. The fraction of sp³-hybridized carbons (Fsp3) is 1.00. The first-order valence-electron chi connectivity index (χ1n) is 9.57. The molecule has 20 heavy (non-hydrogen) atoms. The zero-order chi connectivity index (χ0) is 14.2. The molecule has 0 atom stereocenters. The Morgan fingerprint density at radius 3 is 1.95 bits per heavy atom. The average molecular weight is 280 g/mol. The minimum atomic E-state index is 0.944. The van der Waals surface area contributed by atoms with Crippen LogP contribution < -0.4 is 0 Å². The number of likely N-dealkylation sites (tertiary alicyclic amines) is 1. The Morgan fingerprint density at radius 1 is 0.700 bits per heavy atom. The van der Waals surface area contributed by atoms with E-state index in [-0.39, 0.29) is 0 Å². The highest BCUT2D eigenvalue weighted by molar-refractivity contribution is 4.83. The Kier molecular flexibility index (Phi) is 7.41. The lowest BCUT2D eigenvalue weighted by Gasteiger charge is -2.41. The van der Waals surface area contributed by atoms with Crippen molar-refractivity contribution < 1.29 is 0 Å². The standard InChI is InChI=1S/C19H37N/c1-3-5-6-8-18-9-11-19(12-10-18)20-15-13-17(7-4-2)14-16-20/h17-19H,3-16H2,1-2H3/t18-,19-. The van der Waals surface area contributed by atoms with Gasteiger partial charge >= 0.3 is 0 Å². The van der Waals surface area contributed by atoms with Gasteiger partial charge in [-0.15, -0.1) is 0 Å². The van der Waals surface area contributed by atoms with Crippen molar-refractivity contribution in [1.29, 1.82) is 0 Å². The summed E-state index contributed by atoms with van der Waals surface area (Å²) >= 11 is 0. The van der Waals surface area contributed by atoms with Crippen molar-refractivity contribution in [3.8, 4) is 0 Å². The molecular formula is C19H37N. The molecule has 0 bridgehead atoms. The summed E-state index contributed by atoms with van der Waals surface area (Å²) in [6.45, 7) is 7.46. The average Bonchev–Trinajstić information content (AvgIpc) is 2.49. The highest BCUT2D eigenvalue weighted by Gasteiger charge is 2.28. The molecule has 0 N–H and O–H groups in total. The van der Waals surface area contributed by atoms with E-state index in [9.17, 15) is 0 Å². The van der Waals surface area contributed by atoms with Crippen LogP contribution in [0.4, 0.5) is 0 Å². The highest BCUT2D eigenvalue weighted by Crippen LogP contribution is 2.33. The molecule has 0 spiro atoms. The molecule has 1 aliphatic heterocycles. The summed E-state index contributed by atoms with van der Waals surface area (Å²) < 4.78 is 0. The van der Waals surface area contributed by atoms with Gasteiger partial charge in [-0.05, 0) is 63.5 Å². The normalized spacial score (nSPS) is 29.7. The van der Waals surface area contributed by atoms with E-state index in [1.165, 1.54) is 90.1 Å². The second kappa shape index (κ2) is 9.07. The number of hydrogen-bond acceptors (Lipinski definition) is 1. The Balaban J connectivity index is 1.62. The molecule has 1 nitrogen and oxygen atoms in total. The van der Waals surface area contributed by atoms with E-state index in [0.29, 0.717) is 0 Å². The maximum absolute atomic E-state index is 2.84. The van der Waals surface area contributed by atoms with Gasteiger partial charge in [0.05, 0.1) is 0 Å². The van der Waals surface area contributed by atoms with Crippen molar-refractivity contribution >= 4 is 0 Å². The van der Waals surface area contributed by atoms with Crippen LogP contribution in [0.15, 0.2) is 0 Å². The van der Waals surface area contributed by atoms with Crippen LogP contribution in [0.1, 0.15) is 90.9 Å². The molecule has 0 aromatic heterocycles. The van der Waals surface area contributed by atoms with Crippen LogP contribution in [0, 0.1) is 11.8 Å². The zero-order valence-corrected chi connectivity index (χ0v) is 14.1. The molecule has 1 heterocycles. The van der Waals surface area contributed by atoms with Crippen LogP contribution in [0.25, 0.3) is 0 Å². The van der Waals surface area contributed by atoms with Crippen LogP contribution in [0.2, 0.25) is 0 Å². The summed E-state index contributed by atoms with van der Waals surface area (Å²) in [6.07, 6.45) is 17.7. The van der Waals surface area contributed by atoms with Gasteiger partial charge in [0, 0.05) is 6.04 Å². The number of piperidine rings is 1. The quantitative estimate of drug-likeness (QED) is 0.545. The van der Waals surface area contributed by atoms with Gasteiger partial charge in [-0.25, -0.2) is 0 Å². The molecule has 1 heteroatoms. The van der Waals surface area contributed by atoms with Crippen molar-refractivity contribution in [3.63, 3.8) is 0 Å². The van der Waals surface area contributed by atoms with E-state index in [1.54, 1.807) is 0 Å². The molecule has 2 fully saturated rings. The highest BCUT2D eigenvalue weighted by atomic mass is 15.2. The van der Waals surface area contributed by atoms with Crippen LogP contribution in [0.3, 0.4) is 0 Å². The van der Waals surface area contributed by atoms with Gasteiger partial charge in [0.1, 0.15) is 0 Å². The number of rotatable bonds is 7. The first-order valence-corrected chi connectivity index (χ1v) is 9.57. The summed E-state index contributed by atoms with van der Waals surface area (Å²) in [5, 5.41) is 0. The Morgan fingerprint density at radius 2 is 1.35 bits per heavy atom. The van der Waals surface area contributed by atoms with Crippen molar-refractivity contribution in [2.24, 2.45) is 11.8 Å². The predicted molar refractivity (Wildman–Crippen MR) is 89.1 cm³/mol. The molecule has 2 rings (SSSR count). The molecule has 0 aromatic rings. The third-order valence-electron chi connectivity index (χ3n) is 5.89. The van der Waals surface area contributed by atoms with Gasteiger partial charge in [-0.1, -0.05) is 52.4 Å².